The van der Waals surface area contributed by atoms with Gasteiger partial charge in [0.25, 0.3) is 0 Å². The minimum atomic E-state index is -0.823. The Hall–Kier alpha value is -1.01. The molecular weight excluding hydrogens is 352 g/mol. The molecule has 2 rings (SSSR count). The molecule has 1 N–H and O–H groups in total. The molecule has 0 aliphatic rings. The molecule has 2 aromatic rings. The van der Waals surface area contributed by atoms with Gasteiger partial charge in [-0.2, -0.15) is 0 Å². The maximum absolute atomic E-state index is 10.8. The molecule has 114 valence electrons. The molecule has 0 bridgehead atoms. The van der Waals surface area contributed by atoms with Gasteiger partial charge in [-0.15, -0.1) is 0 Å². The van der Waals surface area contributed by atoms with Crippen molar-refractivity contribution in [2.45, 2.75) is 38.4 Å². The quantitative estimate of drug-likeness (QED) is 0.755. The number of nitrogens with zero attached hydrogens (tertiary/aromatic N) is 2. The molecule has 1 aromatic carbocycles. The Morgan fingerprint density at radius 2 is 2.19 bits per heavy atom. The lowest BCUT2D eigenvalue weighted by atomic mass is 10.0. The molecule has 0 aliphatic heterocycles. The number of benzene rings is 1. The largest absolute Gasteiger partial charge is 0.481 e. The number of rotatable bonds is 6. The van der Waals surface area contributed by atoms with Crippen molar-refractivity contribution in [1.82, 2.24) is 9.55 Å². The number of carboxylic acid groups (broad SMARTS) is 1. The number of fused-ring (bicyclic) bond motifs is 1. The van der Waals surface area contributed by atoms with Gasteiger partial charge in [0.15, 0.2) is 5.16 Å². The van der Waals surface area contributed by atoms with E-state index in [2.05, 4.69) is 46.3 Å². The number of carbonyl (C=O) groups is 1. The number of aromatic nitrogens is 2. The molecule has 6 heteroatoms. The Balaban J connectivity index is 2.52. The van der Waals surface area contributed by atoms with E-state index in [9.17, 15) is 4.79 Å². The maximum Gasteiger partial charge on any atom is 0.313 e. The summed E-state index contributed by atoms with van der Waals surface area (Å²) in [5, 5.41) is 9.69. The van der Waals surface area contributed by atoms with E-state index in [1.807, 2.05) is 18.2 Å². The number of halogens is 1. The van der Waals surface area contributed by atoms with Crippen LogP contribution in [0.2, 0.25) is 0 Å². The van der Waals surface area contributed by atoms with E-state index >= 15 is 0 Å². The van der Waals surface area contributed by atoms with Crippen molar-refractivity contribution in [2.75, 3.05) is 5.75 Å². The fraction of sp³-hybridized carbons (Fsp3) is 0.467. The molecule has 0 saturated carbocycles. The minimum absolute atomic E-state index is 0.0255. The first-order valence-corrected chi connectivity index (χ1v) is 8.74. The van der Waals surface area contributed by atoms with E-state index in [0.29, 0.717) is 5.92 Å². The van der Waals surface area contributed by atoms with E-state index in [1.54, 1.807) is 0 Å². The molecule has 0 amide bonds. The Bertz CT molecular complexity index is 656. The second-order valence-corrected chi connectivity index (χ2v) is 7.06. The van der Waals surface area contributed by atoms with Gasteiger partial charge in [-0.05, 0) is 31.0 Å². The van der Waals surface area contributed by atoms with E-state index < -0.39 is 5.97 Å². The maximum atomic E-state index is 10.8. The first kappa shape index (κ1) is 16.4. The zero-order valence-electron chi connectivity index (χ0n) is 12.3. The molecule has 2 atom stereocenters. The third-order valence-electron chi connectivity index (χ3n) is 3.82. The van der Waals surface area contributed by atoms with Crippen LogP contribution in [0.1, 0.15) is 33.2 Å². The van der Waals surface area contributed by atoms with Crippen molar-refractivity contribution in [3.05, 3.63) is 22.7 Å². The summed E-state index contributed by atoms with van der Waals surface area (Å²) in [6, 6.07) is 6.24. The van der Waals surface area contributed by atoms with Gasteiger partial charge < -0.3 is 9.67 Å². The van der Waals surface area contributed by atoms with Crippen LogP contribution in [0, 0.1) is 5.92 Å². The van der Waals surface area contributed by atoms with E-state index in [0.717, 1.165) is 27.1 Å². The van der Waals surface area contributed by atoms with Crippen LogP contribution in [-0.4, -0.2) is 26.4 Å². The molecule has 0 saturated heterocycles. The standard InChI is InChI=1S/C15H19BrN2O2S/c1-4-9(2)10(3)18-13-7-11(16)5-6-12(13)17-15(18)21-8-14(19)20/h5-7,9-10H,4,8H2,1-3H3,(H,19,20). The highest BCUT2D eigenvalue weighted by Crippen LogP contribution is 2.33. The zero-order valence-corrected chi connectivity index (χ0v) is 14.7. The van der Waals surface area contributed by atoms with Gasteiger partial charge in [0, 0.05) is 10.5 Å². The highest BCUT2D eigenvalue weighted by molar-refractivity contribution is 9.10. The zero-order chi connectivity index (χ0) is 15.6. The van der Waals surface area contributed by atoms with Gasteiger partial charge >= 0.3 is 5.97 Å². The van der Waals surface area contributed by atoms with Crippen molar-refractivity contribution in [3.8, 4) is 0 Å². The van der Waals surface area contributed by atoms with Crippen LogP contribution in [0.4, 0.5) is 0 Å². The fourth-order valence-electron chi connectivity index (χ4n) is 2.26. The van der Waals surface area contributed by atoms with Crippen molar-refractivity contribution >= 4 is 44.7 Å². The summed E-state index contributed by atoms with van der Waals surface area (Å²) < 4.78 is 3.17. The van der Waals surface area contributed by atoms with Gasteiger partial charge in [0.05, 0.1) is 16.8 Å². The number of aliphatic carboxylic acids is 1. The lowest BCUT2D eigenvalue weighted by Crippen LogP contribution is -2.15. The molecular formula is C15H19BrN2O2S. The van der Waals surface area contributed by atoms with E-state index in [4.69, 9.17) is 5.11 Å². The van der Waals surface area contributed by atoms with Crippen LogP contribution in [0.25, 0.3) is 11.0 Å². The summed E-state index contributed by atoms with van der Waals surface area (Å²) >= 11 is 4.78. The highest BCUT2D eigenvalue weighted by Gasteiger charge is 2.20. The van der Waals surface area contributed by atoms with Gasteiger partial charge in [-0.1, -0.05) is 48.0 Å². The third kappa shape index (κ3) is 3.61. The first-order chi connectivity index (χ1) is 9.93. The average Bonchev–Trinajstić information content (AvgIpc) is 2.80. The molecule has 0 aliphatic carbocycles. The molecule has 21 heavy (non-hydrogen) atoms. The van der Waals surface area contributed by atoms with Crippen LogP contribution >= 0.6 is 27.7 Å². The topological polar surface area (TPSA) is 55.1 Å². The second kappa shape index (κ2) is 6.83. The number of thioether (sulfide) groups is 1. The lowest BCUT2D eigenvalue weighted by Gasteiger charge is -2.22. The second-order valence-electron chi connectivity index (χ2n) is 5.21. The smallest absolute Gasteiger partial charge is 0.313 e. The SMILES string of the molecule is CCC(C)C(C)n1c(SCC(=O)O)nc2ccc(Br)cc21. The van der Waals surface area contributed by atoms with Gasteiger partial charge in [-0.25, -0.2) is 4.98 Å². The Labute approximate surface area is 137 Å². The van der Waals surface area contributed by atoms with Gasteiger partial charge in [0.2, 0.25) is 0 Å². The van der Waals surface area contributed by atoms with Gasteiger partial charge in [-0.3, -0.25) is 4.79 Å². The molecule has 0 radical (unpaired) electrons. The number of hydrogen-bond donors (Lipinski definition) is 1. The summed E-state index contributed by atoms with van der Waals surface area (Å²) in [4.78, 5) is 15.5. The highest BCUT2D eigenvalue weighted by atomic mass is 79.9. The lowest BCUT2D eigenvalue weighted by molar-refractivity contribution is -0.133. The number of carboxylic acids is 1. The predicted octanol–water partition coefficient (Wildman–Crippen LogP) is 4.58. The Morgan fingerprint density at radius 1 is 1.48 bits per heavy atom. The van der Waals surface area contributed by atoms with Crippen LogP contribution < -0.4 is 0 Å². The predicted molar refractivity (Wildman–Crippen MR) is 90.0 cm³/mol. The van der Waals surface area contributed by atoms with E-state index in [-0.39, 0.29) is 11.8 Å². The summed E-state index contributed by atoms with van der Waals surface area (Å²) in [5.74, 6) is -0.306. The van der Waals surface area contributed by atoms with Crippen LogP contribution in [-0.2, 0) is 4.79 Å². The molecule has 0 fully saturated rings. The van der Waals surface area contributed by atoms with Crippen molar-refractivity contribution in [2.24, 2.45) is 5.92 Å². The molecule has 1 aromatic heterocycles. The molecule has 2 unspecified atom stereocenters. The van der Waals surface area contributed by atoms with Crippen LogP contribution in [0.3, 0.4) is 0 Å². The number of hydrogen-bond acceptors (Lipinski definition) is 3. The Kier molecular flexibility index (Phi) is 5.32. The van der Waals surface area contributed by atoms with Crippen LogP contribution in [0.15, 0.2) is 27.8 Å². The first-order valence-electron chi connectivity index (χ1n) is 6.96. The fourth-order valence-corrected chi connectivity index (χ4v) is 3.43. The van der Waals surface area contributed by atoms with E-state index in [1.165, 1.54) is 11.8 Å². The van der Waals surface area contributed by atoms with Crippen LogP contribution in [0.5, 0.6) is 0 Å². The average molecular weight is 371 g/mol. The third-order valence-corrected chi connectivity index (χ3v) is 5.25. The monoisotopic (exact) mass is 370 g/mol. The number of imidazole rings is 1. The molecule has 4 nitrogen and oxygen atoms in total. The Morgan fingerprint density at radius 3 is 2.81 bits per heavy atom. The summed E-state index contributed by atoms with van der Waals surface area (Å²) in [6.07, 6.45) is 1.07. The van der Waals surface area contributed by atoms with Gasteiger partial charge in [0.1, 0.15) is 0 Å². The summed E-state index contributed by atoms with van der Waals surface area (Å²) in [5.41, 5.74) is 1.95. The molecule has 1 heterocycles. The van der Waals surface area contributed by atoms with Crippen molar-refractivity contribution < 1.29 is 9.90 Å². The summed E-state index contributed by atoms with van der Waals surface area (Å²) in [7, 11) is 0. The van der Waals surface area contributed by atoms with Crippen molar-refractivity contribution in [3.63, 3.8) is 0 Å². The normalized spacial score (nSPS) is 14.3. The molecule has 0 spiro atoms. The minimum Gasteiger partial charge on any atom is -0.481 e. The summed E-state index contributed by atoms with van der Waals surface area (Å²) in [6.45, 7) is 6.54. The van der Waals surface area contributed by atoms with Crippen molar-refractivity contribution in [1.29, 1.82) is 0 Å².